The molecule has 6 heteroatoms. The Hall–Kier alpha value is -2.34. The maximum Gasteiger partial charge on any atom is 0.416 e. The zero-order valence-electron chi connectivity index (χ0n) is 14.3. The molecule has 1 fully saturated rings. The molecule has 1 unspecified atom stereocenters. The molecule has 1 aliphatic heterocycles. The molecule has 1 aliphatic rings. The molecule has 1 heterocycles. The molecular formula is C20H21F3N2O. The molecule has 3 rings (SSSR count). The normalized spacial score (nSPS) is 17.3. The predicted molar refractivity (Wildman–Crippen MR) is 93.7 cm³/mol. The number of carbonyl (C=O) groups excluding carboxylic acids is 1. The van der Waals surface area contributed by atoms with Gasteiger partial charge in [-0.05, 0) is 55.1 Å². The maximum atomic E-state index is 13.1. The van der Waals surface area contributed by atoms with E-state index >= 15 is 0 Å². The van der Waals surface area contributed by atoms with E-state index in [0.717, 1.165) is 37.6 Å². The monoisotopic (exact) mass is 362 g/mol. The van der Waals surface area contributed by atoms with Crippen molar-refractivity contribution in [3.63, 3.8) is 0 Å². The van der Waals surface area contributed by atoms with Gasteiger partial charge in [0.15, 0.2) is 0 Å². The predicted octanol–water partition coefficient (Wildman–Crippen LogP) is 3.79. The minimum atomic E-state index is -4.44. The number of hydrogen-bond donors (Lipinski definition) is 2. The zero-order chi connectivity index (χ0) is 18.6. The molecule has 0 radical (unpaired) electrons. The summed E-state index contributed by atoms with van der Waals surface area (Å²) in [6.07, 6.45) is -2.58. The van der Waals surface area contributed by atoms with Crippen molar-refractivity contribution in [1.29, 1.82) is 0 Å². The molecular weight excluding hydrogens is 341 g/mol. The highest BCUT2D eigenvalue weighted by Gasteiger charge is 2.32. The number of carbonyl (C=O) groups is 1. The van der Waals surface area contributed by atoms with Crippen LogP contribution in [0.1, 0.15) is 33.5 Å². The van der Waals surface area contributed by atoms with Crippen LogP contribution in [0.15, 0.2) is 48.5 Å². The Morgan fingerprint density at radius 3 is 2.46 bits per heavy atom. The van der Waals surface area contributed by atoms with Crippen LogP contribution < -0.4 is 10.6 Å². The molecule has 1 atom stereocenters. The van der Waals surface area contributed by atoms with Gasteiger partial charge in [0.05, 0.1) is 5.56 Å². The van der Waals surface area contributed by atoms with E-state index in [1.54, 1.807) is 12.1 Å². The lowest BCUT2D eigenvalue weighted by Crippen LogP contribution is -2.26. The lowest BCUT2D eigenvalue weighted by Gasteiger charge is -2.15. The fraction of sp³-hybridized carbons (Fsp3) is 0.350. The first-order valence-corrected chi connectivity index (χ1v) is 8.67. The topological polar surface area (TPSA) is 41.1 Å². The van der Waals surface area contributed by atoms with Crippen LogP contribution in [0, 0.1) is 5.92 Å². The number of amides is 1. The molecule has 0 aromatic heterocycles. The van der Waals surface area contributed by atoms with Crippen molar-refractivity contribution in [2.75, 3.05) is 13.1 Å². The molecule has 0 aliphatic carbocycles. The van der Waals surface area contributed by atoms with Crippen molar-refractivity contribution in [2.45, 2.75) is 25.6 Å². The van der Waals surface area contributed by atoms with Crippen LogP contribution >= 0.6 is 0 Å². The fourth-order valence-corrected chi connectivity index (χ4v) is 3.34. The van der Waals surface area contributed by atoms with E-state index in [2.05, 4.69) is 10.6 Å². The smallest absolute Gasteiger partial charge is 0.348 e. The number of halogens is 3. The maximum absolute atomic E-state index is 13.1. The summed E-state index contributed by atoms with van der Waals surface area (Å²) in [4.78, 5) is 12.6. The largest absolute Gasteiger partial charge is 0.416 e. The summed E-state index contributed by atoms with van der Waals surface area (Å²) in [6, 6.07) is 12.6. The molecule has 1 amide bonds. The van der Waals surface area contributed by atoms with Gasteiger partial charge in [-0.15, -0.1) is 0 Å². The Balaban J connectivity index is 1.71. The van der Waals surface area contributed by atoms with E-state index < -0.39 is 11.7 Å². The molecule has 2 aromatic carbocycles. The number of benzene rings is 2. The van der Waals surface area contributed by atoms with E-state index in [4.69, 9.17) is 0 Å². The van der Waals surface area contributed by atoms with Crippen LogP contribution in [0.2, 0.25) is 0 Å². The van der Waals surface area contributed by atoms with Crippen LogP contribution in [-0.2, 0) is 19.1 Å². The number of nitrogens with one attached hydrogen (secondary N) is 2. The van der Waals surface area contributed by atoms with Crippen LogP contribution in [0.4, 0.5) is 13.2 Å². The summed E-state index contributed by atoms with van der Waals surface area (Å²) >= 11 is 0. The Labute approximate surface area is 150 Å². The molecule has 0 spiro atoms. The highest BCUT2D eigenvalue weighted by Crippen LogP contribution is 2.31. The van der Waals surface area contributed by atoms with E-state index in [9.17, 15) is 18.0 Å². The average Bonchev–Trinajstić information content (AvgIpc) is 3.13. The van der Waals surface area contributed by atoms with Crippen molar-refractivity contribution in [3.05, 3.63) is 70.8 Å². The lowest BCUT2D eigenvalue weighted by atomic mass is 9.94. The van der Waals surface area contributed by atoms with Gasteiger partial charge in [-0.1, -0.05) is 36.4 Å². The number of hydrogen-bond acceptors (Lipinski definition) is 2. The van der Waals surface area contributed by atoms with Crippen molar-refractivity contribution in [3.8, 4) is 0 Å². The first-order chi connectivity index (χ1) is 12.4. The third-order valence-electron chi connectivity index (χ3n) is 4.70. The van der Waals surface area contributed by atoms with Crippen molar-refractivity contribution in [2.24, 2.45) is 5.92 Å². The highest BCUT2D eigenvalue weighted by atomic mass is 19.4. The fourth-order valence-electron chi connectivity index (χ4n) is 3.34. The summed E-state index contributed by atoms with van der Waals surface area (Å²) in [5.41, 5.74) is 0.808. The molecule has 1 saturated heterocycles. The first-order valence-electron chi connectivity index (χ1n) is 8.67. The van der Waals surface area contributed by atoms with Crippen molar-refractivity contribution >= 4 is 5.91 Å². The standard InChI is InChI=1S/C20H21F3N2O/c21-20(22,23)18-8-4-2-6-16(18)13-25-19(26)17-7-3-1-5-15(17)11-14-9-10-24-12-14/h1-8,14,24H,9-13H2,(H,25,26). The Kier molecular flexibility index (Phi) is 5.61. The van der Waals surface area contributed by atoms with E-state index in [-0.39, 0.29) is 18.0 Å². The van der Waals surface area contributed by atoms with Crippen LogP contribution in [0.25, 0.3) is 0 Å². The average molecular weight is 362 g/mol. The zero-order valence-corrected chi connectivity index (χ0v) is 14.3. The highest BCUT2D eigenvalue weighted by molar-refractivity contribution is 5.95. The third kappa shape index (κ3) is 4.43. The minimum Gasteiger partial charge on any atom is -0.348 e. The van der Waals surface area contributed by atoms with Gasteiger partial charge in [-0.3, -0.25) is 4.79 Å². The Bertz CT molecular complexity index is 768. The lowest BCUT2D eigenvalue weighted by molar-refractivity contribution is -0.138. The minimum absolute atomic E-state index is 0.0609. The second-order valence-corrected chi connectivity index (χ2v) is 6.56. The van der Waals surface area contributed by atoms with Crippen LogP contribution in [0.5, 0.6) is 0 Å². The molecule has 0 bridgehead atoms. The van der Waals surface area contributed by atoms with Crippen molar-refractivity contribution < 1.29 is 18.0 Å². The van der Waals surface area contributed by atoms with Crippen molar-refractivity contribution in [1.82, 2.24) is 10.6 Å². The SMILES string of the molecule is O=C(NCc1ccccc1C(F)(F)F)c1ccccc1CC1CCNC1. The molecule has 0 saturated carbocycles. The molecule has 2 N–H and O–H groups in total. The molecule has 2 aromatic rings. The van der Waals surface area contributed by atoms with Gasteiger partial charge in [-0.25, -0.2) is 0 Å². The van der Waals surface area contributed by atoms with Crippen LogP contribution in [0.3, 0.4) is 0 Å². The van der Waals surface area contributed by atoms with Gasteiger partial charge in [0, 0.05) is 12.1 Å². The third-order valence-corrected chi connectivity index (χ3v) is 4.70. The van der Waals surface area contributed by atoms with Gasteiger partial charge < -0.3 is 10.6 Å². The summed E-state index contributed by atoms with van der Waals surface area (Å²) < 4.78 is 39.2. The van der Waals surface area contributed by atoms with Gasteiger partial charge in [-0.2, -0.15) is 13.2 Å². The van der Waals surface area contributed by atoms with Gasteiger partial charge in [0.25, 0.3) is 5.91 Å². The molecule has 26 heavy (non-hydrogen) atoms. The van der Waals surface area contributed by atoms with Gasteiger partial charge in [0.1, 0.15) is 0 Å². The Morgan fingerprint density at radius 2 is 1.77 bits per heavy atom. The summed E-state index contributed by atoms with van der Waals surface area (Å²) in [5.74, 6) is 0.137. The molecule has 3 nitrogen and oxygen atoms in total. The first kappa shape index (κ1) is 18.5. The van der Waals surface area contributed by atoms with E-state index in [1.165, 1.54) is 18.2 Å². The quantitative estimate of drug-likeness (QED) is 0.850. The summed E-state index contributed by atoms with van der Waals surface area (Å²) in [7, 11) is 0. The summed E-state index contributed by atoms with van der Waals surface area (Å²) in [5, 5.41) is 5.94. The van der Waals surface area contributed by atoms with Gasteiger partial charge >= 0.3 is 6.18 Å². The van der Waals surface area contributed by atoms with Gasteiger partial charge in [0.2, 0.25) is 0 Å². The number of alkyl halides is 3. The molecule has 138 valence electrons. The van der Waals surface area contributed by atoms with E-state index in [0.29, 0.717) is 11.5 Å². The second-order valence-electron chi connectivity index (χ2n) is 6.56. The second kappa shape index (κ2) is 7.91. The summed E-state index contributed by atoms with van der Waals surface area (Å²) in [6.45, 7) is 1.75. The van der Waals surface area contributed by atoms with Crippen LogP contribution in [-0.4, -0.2) is 19.0 Å². The van der Waals surface area contributed by atoms with E-state index in [1.807, 2.05) is 12.1 Å². The Morgan fingerprint density at radius 1 is 1.08 bits per heavy atom. The number of rotatable bonds is 5.